The molecule has 2 rings (SSSR count). The Morgan fingerprint density at radius 2 is 2.25 bits per heavy atom. The molecular formula is C12H15N3S. The van der Waals surface area contributed by atoms with Gasteiger partial charge in [0.05, 0.1) is 6.54 Å². The lowest BCUT2D eigenvalue weighted by Gasteiger charge is -2.05. The zero-order valence-electron chi connectivity index (χ0n) is 9.53. The van der Waals surface area contributed by atoms with Crippen LogP contribution in [0.5, 0.6) is 0 Å². The first-order chi connectivity index (χ1) is 7.79. The summed E-state index contributed by atoms with van der Waals surface area (Å²) in [4.78, 5) is 9.86. The molecule has 1 N–H and O–H groups in total. The third-order valence-electron chi connectivity index (χ3n) is 2.42. The van der Waals surface area contributed by atoms with Gasteiger partial charge in [0, 0.05) is 16.8 Å². The smallest absolute Gasteiger partial charge is 0.223 e. The molecule has 0 aliphatic carbocycles. The van der Waals surface area contributed by atoms with Crippen LogP contribution in [-0.4, -0.2) is 9.97 Å². The van der Waals surface area contributed by atoms with Crippen LogP contribution in [0.1, 0.15) is 23.1 Å². The second-order valence-corrected chi connectivity index (χ2v) is 4.60. The summed E-state index contributed by atoms with van der Waals surface area (Å²) < 4.78 is 0. The number of hydrogen-bond donors (Lipinski definition) is 1. The van der Waals surface area contributed by atoms with E-state index in [1.165, 1.54) is 10.4 Å². The fourth-order valence-electron chi connectivity index (χ4n) is 1.53. The molecule has 0 saturated carbocycles. The van der Waals surface area contributed by atoms with E-state index >= 15 is 0 Å². The average Bonchev–Trinajstić information content (AvgIpc) is 2.74. The molecule has 16 heavy (non-hydrogen) atoms. The second-order valence-electron chi connectivity index (χ2n) is 3.60. The zero-order valence-corrected chi connectivity index (χ0v) is 10.3. The standard InChI is InChI=1S/C12H15N3S/c1-3-10-5-7-16-11(10)8-14-12-13-6-4-9(2)15-12/h4-7H,3,8H2,1-2H3,(H,13,14,15). The molecule has 3 nitrogen and oxygen atoms in total. The van der Waals surface area contributed by atoms with Crippen LogP contribution >= 0.6 is 11.3 Å². The van der Waals surface area contributed by atoms with Crippen LogP contribution in [0.25, 0.3) is 0 Å². The van der Waals surface area contributed by atoms with Crippen LogP contribution in [0.2, 0.25) is 0 Å². The maximum absolute atomic E-state index is 4.31. The predicted octanol–water partition coefficient (Wildman–Crippen LogP) is 3.02. The number of aryl methyl sites for hydroxylation is 2. The fraction of sp³-hybridized carbons (Fsp3) is 0.333. The molecule has 0 amide bonds. The zero-order chi connectivity index (χ0) is 11.4. The highest BCUT2D eigenvalue weighted by atomic mass is 32.1. The van der Waals surface area contributed by atoms with Crippen molar-refractivity contribution in [2.75, 3.05) is 5.32 Å². The topological polar surface area (TPSA) is 37.8 Å². The Kier molecular flexibility index (Phi) is 3.51. The third kappa shape index (κ3) is 2.58. The minimum Gasteiger partial charge on any atom is -0.349 e. The summed E-state index contributed by atoms with van der Waals surface area (Å²) in [5.74, 6) is 0.704. The lowest BCUT2D eigenvalue weighted by molar-refractivity contribution is 1.02. The summed E-state index contributed by atoms with van der Waals surface area (Å²) in [6, 6.07) is 4.08. The molecule has 0 saturated heterocycles. The van der Waals surface area contributed by atoms with Crippen molar-refractivity contribution < 1.29 is 0 Å². The number of anilines is 1. The SMILES string of the molecule is CCc1ccsc1CNc1nccc(C)n1. The summed E-state index contributed by atoms with van der Waals surface area (Å²) >= 11 is 1.78. The lowest BCUT2D eigenvalue weighted by atomic mass is 10.2. The monoisotopic (exact) mass is 233 g/mol. The highest BCUT2D eigenvalue weighted by molar-refractivity contribution is 7.10. The molecule has 84 valence electrons. The molecule has 0 fully saturated rings. The molecule has 0 radical (unpaired) electrons. The Morgan fingerprint density at radius 3 is 3.00 bits per heavy atom. The number of aromatic nitrogens is 2. The van der Waals surface area contributed by atoms with Gasteiger partial charge < -0.3 is 5.32 Å². The summed E-state index contributed by atoms with van der Waals surface area (Å²) in [5.41, 5.74) is 2.39. The summed E-state index contributed by atoms with van der Waals surface area (Å²) in [5, 5.41) is 5.38. The van der Waals surface area contributed by atoms with Gasteiger partial charge in [0.25, 0.3) is 0 Å². The molecule has 0 aromatic carbocycles. The van der Waals surface area contributed by atoms with Gasteiger partial charge in [-0.1, -0.05) is 6.92 Å². The molecule has 0 spiro atoms. The number of hydrogen-bond acceptors (Lipinski definition) is 4. The van der Waals surface area contributed by atoms with E-state index in [4.69, 9.17) is 0 Å². The molecule has 2 heterocycles. The van der Waals surface area contributed by atoms with Gasteiger partial charge in [-0.25, -0.2) is 9.97 Å². The molecule has 2 aromatic heterocycles. The number of rotatable bonds is 4. The molecule has 2 aromatic rings. The molecular weight excluding hydrogens is 218 g/mol. The molecule has 0 aliphatic rings. The van der Waals surface area contributed by atoms with E-state index in [1.54, 1.807) is 17.5 Å². The Balaban J connectivity index is 2.02. The lowest BCUT2D eigenvalue weighted by Crippen LogP contribution is -2.04. The quantitative estimate of drug-likeness (QED) is 0.882. The Bertz CT molecular complexity index is 465. The normalized spacial score (nSPS) is 10.4. The second kappa shape index (κ2) is 5.07. The first kappa shape index (κ1) is 11.1. The highest BCUT2D eigenvalue weighted by Crippen LogP contribution is 2.18. The van der Waals surface area contributed by atoms with Gasteiger partial charge in [0.15, 0.2) is 0 Å². The summed E-state index contributed by atoms with van der Waals surface area (Å²) in [6.45, 7) is 4.95. The highest BCUT2D eigenvalue weighted by Gasteiger charge is 2.02. The van der Waals surface area contributed by atoms with Gasteiger partial charge in [-0.15, -0.1) is 11.3 Å². The van der Waals surface area contributed by atoms with Crippen LogP contribution < -0.4 is 5.32 Å². The maximum atomic E-state index is 4.31. The van der Waals surface area contributed by atoms with Crippen molar-refractivity contribution >= 4 is 17.3 Å². The molecule has 0 unspecified atom stereocenters. The van der Waals surface area contributed by atoms with Crippen molar-refractivity contribution in [2.24, 2.45) is 0 Å². The predicted molar refractivity (Wildman–Crippen MR) is 67.8 cm³/mol. The maximum Gasteiger partial charge on any atom is 0.223 e. The molecule has 4 heteroatoms. The van der Waals surface area contributed by atoms with Gasteiger partial charge in [-0.2, -0.15) is 0 Å². The van der Waals surface area contributed by atoms with E-state index < -0.39 is 0 Å². The molecule has 0 bridgehead atoms. The van der Waals surface area contributed by atoms with E-state index in [9.17, 15) is 0 Å². The van der Waals surface area contributed by atoms with Crippen LogP contribution in [0.3, 0.4) is 0 Å². The number of nitrogens with zero attached hydrogens (tertiary/aromatic N) is 2. The van der Waals surface area contributed by atoms with Crippen LogP contribution in [0.15, 0.2) is 23.7 Å². The minimum atomic E-state index is 0.704. The number of thiophene rings is 1. The van der Waals surface area contributed by atoms with Crippen molar-refractivity contribution in [3.63, 3.8) is 0 Å². The third-order valence-corrected chi connectivity index (χ3v) is 3.38. The van der Waals surface area contributed by atoms with Crippen molar-refractivity contribution in [2.45, 2.75) is 26.8 Å². The van der Waals surface area contributed by atoms with E-state index in [0.717, 1.165) is 18.7 Å². The van der Waals surface area contributed by atoms with E-state index in [2.05, 4.69) is 33.7 Å². The van der Waals surface area contributed by atoms with Gasteiger partial charge in [-0.3, -0.25) is 0 Å². The van der Waals surface area contributed by atoms with Gasteiger partial charge in [-0.05, 0) is 36.4 Å². The van der Waals surface area contributed by atoms with Crippen molar-refractivity contribution in [3.8, 4) is 0 Å². The fourth-order valence-corrected chi connectivity index (χ4v) is 2.45. The minimum absolute atomic E-state index is 0.704. The van der Waals surface area contributed by atoms with Crippen molar-refractivity contribution in [1.29, 1.82) is 0 Å². The largest absolute Gasteiger partial charge is 0.349 e. The Labute approximate surface area is 99.6 Å². The van der Waals surface area contributed by atoms with Crippen molar-refractivity contribution in [3.05, 3.63) is 39.8 Å². The first-order valence-electron chi connectivity index (χ1n) is 5.38. The Morgan fingerprint density at radius 1 is 1.38 bits per heavy atom. The summed E-state index contributed by atoms with van der Waals surface area (Å²) in [7, 11) is 0. The summed E-state index contributed by atoms with van der Waals surface area (Å²) in [6.07, 6.45) is 2.86. The van der Waals surface area contributed by atoms with Crippen molar-refractivity contribution in [1.82, 2.24) is 9.97 Å². The van der Waals surface area contributed by atoms with Crippen LogP contribution in [-0.2, 0) is 13.0 Å². The first-order valence-corrected chi connectivity index (χ1v) is 6.26. The van der Waals surface area contributed by atoms with Gasteiger partial charge in [0.1, 0.15) is 0 Å². The van der Waals surface area contributed by atoms with E-state index in [0.29, 0.717) is 5.95 Å². The van der Waals surface area contributed by atoms with Gasteiger partial charge >= 0.3 is 0 Å². The van der Waals surface area contributed by atoms with Gasteiger partial charge in [0.2, 0.25) is 5.95 Å². The molecule has 0 aliphatic heterocycles. The van der Waals surface area contributed by atoms with Crippen LogP contribution in [0.4, 0.5) is 5.95 Å². The average molecular weight is 233 g/mol. The number of nitrogens with one attached hydrogen (secondary N) is 1. The van der Waals surface area contributed by atoms with E-state index in [1.807, 2.05) is 13.0 Å². The Hall–Kier alpha value is -1.42. The van der Waals surface area contributed by atoms with Crippen LogP contribution in [0, 0.1) is 6.92 Å². The van der Waals surface area contributed by atoms with E-state index in [-0.39, 0.29) is 0 Å². The molecule has 0 atom stereocenters.